The van der Waals surface area contributed by atoms with Crippen LogP contribution in [-0.2, 0) is 95.4 Å². The fraction of sp³-hybridized carbons (Fsp3) is 0.851. The summed E-state index contributed by atoms with van der Waals surface area (Å²) in [5, 5.41) is 126. The SMILES string of the molecule is CC(=O)NC1C(OCCCCC(=O)NCCCNC(=O)CCOCC(COCCC(=O)NCCCNC(=O)CCCCOC2OC(CO)C(O)C(O)C2NC(C)=O)(COCCC(=O)NCCCNC(=O)CCCCOC(OC(CO)[C@H](C)O)[C@H](CO)NC(C)=O)NC(=O)CCCCCCCCCCC(=O)O)OC(CO)C(O)C1O. The van der Waals surface area contributed by atoms with E-state index in [0.29, 0.717) is 70.6 Å². The Balaban J connectivity index is 2.04. The van der Waals surface area contributed by atoms with Crippen LogP contribution in [0.3, 0.4) is 0 Å². The van der Waals surface area contributed by atoms with Crippen molar-refractivity contribution in [3.63, 3.8) is 0 Å². The van der Waals surface area contributed by atoms with E-state index in [0.717, 1.165) is 38.5 Å². The molecule has 0 aliphatic carbocycles. The van der Waals surface area contributed by atoms with Gasteiger partial charge >= 0.3 is 5.97 Å². The zero-order valence-corrected chi connectivity index (χ0v) is 66.8. The predicted octanol–water partition coefficient (Wildman–Crippen LogP) is -4.06. The van der Waals surface area contributed by atoms with Gasteiger partial charge in [-0.3, -0.25) is 52.7 Å². The first-order chi connectivity index (χ1) is 54.6. The smallest absolute Gasteiger partial charge is 0.303 e. The van der Waals surface area contributed by atoms with Gasteiger partial charge in [-0.05, 0) is 77.6 Å². The minimum absolute atomic E-state index is 0.0586. The average molecular weight is 1640 g/mol. The van der Waals surface area contributed by atoms with Gasteiger partial charge in [0.25, 0.3) is 0 Å². The minimum atomic E-state index is -1.46. The monoisotopic (exact) mass is 1640 g/mol. The van der Waals surface area contributed by atoms with Crippen molar-refractivity contribution >= 4 is 65.0 Å². The van der Waals surface area contributed by atoms with Crippen molar-refractivity contribution in [1.82, 2.24) is 53.2 Å². The van der Waals surface area contributed by atoms with Gasteiger partial charge in [0, 0.05) is 131 Å². The van der Waals surface area contributed by atoms with E-state index >= 15 is 0 Å². The fourth-order valence-corrected chi connectivity index (χ4v) is 11.9. The summed E-state index contributed by atoms with van der Waals surface area (Å²) < 4.78 is 52.2. The molecule has 660 valence electrons. The first-order valence-electron chi connectivity index (χ1n) is 39.9. The Bertz CT molecular complexity index is 2630. The second-order valence-corrected chi connectivity index (χ2v) is 28.4. The summed E-state index contributed by atoms with van der Waals surface area (Å²) >= 11 is 0. The number of rotatable bonds is 68. The molecule has 12 unspecified atom stereocenters. The van der Waals surface area contributed by atoms with Crippen LogP contribution in [0.4, 0.5) is 0 Å². The van der Waals surface area contributed by atoms with E-state index in [4.69, 9.17) is 47.7 Å². The van der Waals surface area contributed by atoms with E-state index in [1.807, 2.05) is 0 Å². The topological polar surface area (TPSA) is 593 Å². The normalized spacial score (nSPS) is 21.0. The summed E-state index contributed by atoms with van der Waals surface area (Å²) in [5.41, 5.74) is -1.42. The molecule has 14 atom stereocenters. The van der Waals surface area contributed by atoms with Crippen LogP contribution in [0.15, 0.2) is 0 Å². The number of carboxylic acids is 1. The van der Waals surface area contributed by atoms with Crippen molar-refractivity contribution < 1.29 is 146 Å². The van der Waals surface area contributed by atoms with Crippen molar-refractivity contribution in [3.8, 4) is 0 Å². The van der Waals surface area contributed by atoms with E-state index in [1.54, 1.807) is 0 Å². The van der Waals surface area contributed by atoms with E-state index in [2.05, 4.69) is 53.2 Å². The molecule has 2 aliphatic rings. The number of carbonyl (C=O) groups excluding carboxylic acids is 10. The van der Waals surface area contributed by atoms with Crippen molar-refractivity contribution in [1.29, 1.82) is 0 Å². The number of nitrogens with one attached hydrogen (secondary N) is 10. The lowest BCUT2D eigenvalue weighted by Gasteiger charge is -2.42. The van der Waals surface area contributed by atoms with E-state index in [1.165, 1.54) is 27.7 Å². The van der Waals surface area contributed by atoms with Crippen LogP contribution in [0.2, 0.25) is 0 Å². The molecule has 0 spiro atoms. The van der Waals surface area contributed by atoms with Gasteiger partial charge in [-0.2, -0.15) is 0 Å². The highest BCUT2D eigenvalue weighted by Gasteiger charge is 2.47. The molecular weight excluding hydrogens is 1510 g/mol. The number of aliphatic hydroxyl groups excluding tert-OH is 9. The maximum Gasteiger partial charge on any atom is 0.303 e. The third kappa shape index (κ3) is 47.6. The van der Waals surface area contributed by atoms with Gasteiger partial charge < -0.3 is 147 Å². The first kappa shape index (κ1) is 104. The molecule has 0 radical (unpaired) electrons. The molecule has 0 bridgehead atoms. The number of carboxylic acid groups (broad SMARTS) is 1. The number of carbonyl (C=O) groups is 11. The summed E-state index contributed by atoms with van der Waals surface area (Å²) in [6.07, 6.45) is -3.77. The van der Waals surface area contributed by atoms with Gasteiger partial charge in [-0.1, -0.05) is 38.5 Å². The van der Waals surface area contributed by atoms with E-state index in [9.17, 15) is 98.7 Å². The van der Waals surface area contributed by atoms with Gasteiger partial charge in [-0.15, -0.1) is 0 Å². The number of aliphatic carboxylic acids is 1. The Hall–Kier alpha value is -6.55. The van der Waals surface area contributed by atoms with Crippen LogP contribution in [0.25, 0.3) is 0 Å². The number of aliphatic hydroxyl groups is 9. The highest BCUT2D eigenvalue weighted by molar-refractivity contribution is 5.79. The zero-order valence-electron chi connectivity index (χ0n) is 66.8. The minimum Gasteiger partial charge on any atom is -0.481 e. The zero-order chi connectivity index (χ0) is 84.5. The van der Waals surface area contributed by atoms with Crippen molar-refractivity contribution in [2.24, 2.45) is 0 Å². The van der Waals surface area contributed by atoms with Gasteiger partial charge in [0.15, 0.2) is 18.9 Å². The third-order valence-electron chi connectivity index (χ3n) is 18.2. The second-order valence-electron chi connectivity index (χ2n) is 28.4. The van der Waals surface area contributed by atoms with Crippen molar-refractivity contribution in [2.75, 3.05) is 125 Å². The lowest BCUT2D eigenvalue weighted by molar-refractivity contribution is -0.270. The third-order valence-corrected chi connectivity index (χ3v) is 18.2. The molecule has 40 nitrogen and oxygen atoms in total. The summed E-state index contributed by atoms with van der Waals surface area (Å²) in [6.45, 7) is 3.21. The van der Waals surface area contributed by atoms with Crippen LogP contribution in [0, 0.1) is 0 Å². The van der Waals surface area contributed by atoms with Crippen LogP contribution < -0.4 is 53.2 Å². The van der Waals surface area contributed by atoms with Gasteiger partial charge in [-0.25, -0.2) is 0 Å². The first-order valence-corrected chi connectivity index (χ1v) is 39.9. The molecule has 114 heavy (non-hydrogen) atoms. The predicted molar refractivity (Wildman–Crippen MR) is 405 cm³/mol. The molecule has 0 aromatic heterocycles. The summed E-state index contributed by atoms with van der Waals surface area (Å²) in [7, 11) is 0. The van der Waals surface area contributed by atoms with Crippen molar-refractivity contribution in [3.05, 3.63) is 0 Å². The highest BCUT2D eigenvalue weighted by atomic mass is 16.7. The standard InChI is InChI=1S/C74H134N10O30/c1-49(89)54(43-86)112-71(53(42-85)81-50(2)90)109-36-16-13-22-57(93)75-30-19-33-78-60(96)27-39-106-46-74(84-63(99)25-11-9-7-5-6-8-10-12-26-64(100)101,47-107-40-28-61(97)79-34-20-31-76-58(94)23-14-17-37-110-72-65(82-51(3)91)69(104)67(102)55(44-87)113-72)48-108-41-29-62(98)80-35-21-32-77-59(95)24-15-18-38-111-73-66(83-52(4)92)70(105)68(103)56(45-88)114-73/h49,53-56,65-73,85-89,102-105H,5-48H2,1-4H3,(H,75,93)(H,76,94)(H,77,95)(H,78,96)(H,79,97)(H,80,98)(H,81,90)(H,82,91)(H,83,92)(H,84,99)(H,100,101)/t49-,53-,54?,55?,56?,65?,66?,67?,68?,69?,70?,71?,72?,73?,74?/m0/s1. The molecule has 40 heteroatoms. The molecule has 2 aliphatic heterocycles. The molecule has 2 heterocycles. The lowest BCUT2D eigenvalue weighted by atomic mass is 9.97. The molecule has 0 aromatic rings. The number of hydrogen-bond acceptors (Lipinski definition) is 29. The van der Waals surface area contributed by atoms with Crippen LogP contribution >= 0.6 is 0 Å². The fourth-order valence-electron chi connectivity index (χ4n) is 11.9. The van der Waals surface area contributed by atoms with E-state index in [-0.39, 0.29) is 191 Å². The Labute approximate surface area is 667 Å². The molecule has 20 N–H and O–H groups in total. The van der Waals surface area contributed by atoms with Crippen LogP contribution in [0.1, 0.15) is 188 Å². The van der Waals surface area contributed by atoms with Crippen LogP contribution in [0.5, 0.6) is 0 Å². The summed E-state index contributed by atoms with van der Waals surface area (Å²) in [5.74, 6) is -4.56. The molecule has 10 amide bonds. The van der Waals surface area contributed by atoms with Gasteiger partial charge in [0.05, 0.1) is 72.2 Å². The molecule has 2 rings (SSSR count). The van der Waals surface area contributed by atoms with Crippen LogP contribution in [-0.4, -0.2) is 333 Å². The van der Waals surface area contributed by atoms with Crippen molar-refractivity contribution in [2.45, 2.75) is 280 Å². The highest BCUT2D eigenvalue weighted by Crippen LogP contribution is 2.25. The quantitative estimate of drug-likeness (QED) is 0.0204. The maximum atomic E-state index is 13.9. The van der Waals surface area contributed by atoms with Gasteiger partial charge in [0.1, 0.15) is 66.4 Å². The number of ether oxygens (including phenoxy) is 9. The molecular formula is C74H134N10O30. The Morgan fingerprint density at radius 1 is 0.404 bits per heavy atom. The van der Waals surface area contributed by atoms with Gasteiger partial charge in [0.2, 0.25) is 59.1 Å². The molecule has 0 saturated carbocycles. The molecule has 2 saturated heterocycles. The number of amides is 10. The Kier molecular flexibility index (Phi) is 56.9. The molecule has 2 fully saturated rings. The summed E-state index contributed by atoms with van der Waals surface area (Å²) in [6, 6.07) is -3.19. The largest absolute Gasteiger partial charge is 0.481 e. The Morgan fingerprint density at radius 3 is 1.08 bits per heavy atom. The number of hydrogen-bond donors (Lipinski definition) is 20. The summed E-state index contributed by atoms with van der Waals surface area (Å²) in [4.78, 5) is 137. The molecule has 0 aromatic carbocycles. The second kappa shape index (κ2) is 62.7. The number of unbranched alkanes of at least 4 members (excludes halogenated alkanes) is 10. The van der Waals surface area contributed by atoms with E-state index < -0.39 is 141 Å². The maximum absolute atomic E-state index is 13.9. The lowest BCUT2D eigenvalue weighted by Crippen LogP contribution is -2.64. The average Bonchev–Trinajstić information content (AvgIpc) is 0.809. The Morgan fingerprint density at radius 2 is 0.746 bits per heavy atom.